The molecule has 0 radical (unpaired) electrons. The summed E-state index contributed by atoms with van der Waals surface area (Å²) in [6, 6.07) is 2.59. The van der Waals surface area contributed by atoms with Crippen molar-refractivity contribution < 1.29 is 22.7 Å². The van der Waals surface area contributed by atoms with E-state index in [1.165, 1.54) is 0 Å². The number of rotatable bonds is 4. The van der Waals surface area contributed by atoms with Crippen LogP contribution in [0.15, 0.2) is 34.7 Å². The summed E-state index contributed by atoms with van der Waals surface area (Å²) in [5.41, 5.74) is 0.705. The first-order valence-corrected chi connectivity index (χ1v) is 6.48. The molecule has 0 heterocycles. The fraction of sp³-hybridized carbons (Fsp3) is 0.100. The van der Waals surface area contributed by atoms with E-state index in [9.17, 15) is 17.6 Å². The van der Waals surface area contributed by atoms with E-state index < -0.39 is 32.3 Å². The maximum absolute atomic E-state index is 13.3. The average molecular weight is 279 g/mol. The Hall–Kier alpha value is -1.40. The van der Waals surface area contributed by atoms with Crippen molar-refractivity contribution in [1.82, 2.24) is 0 Å². The Balaban J connectivity index is 3.30. The molecule has 0 spiro atoms. The van der Waals surface area contributed by atoms with Gasteiger partial charge >= 0.3 is 5.97 Å². The van der Waals surface area contributed by atoms with Crippen molar-refractivity contribution in [2.24, 2.45) is 0 Å². The van der Waals surface area contributed by atoms with Crippen LogP contribution in [0.5, 0.6) is 0 Å². The Morgan fingerprint density at radius 1 is 1.47 bits per heavy atom. The van der Waals surface area contributed by atoms with Crippen LogP contribution in [0, 0.1) is 5.82 Å². The Morgan fingerprint density at radius 3 is 2.65 bits per heavy atom. The molecule has 0 aromatic heterocycles. The summed E-state index contributed by atoms with van der Waals surface area (Å²) in [6.07, 6.45) is 1.13. The fourth-order valence-electron chi connectivity index (χ4n) is 1.13. The molecule has 0 saturated carbocycles. The molecule has 1 aromatic carbocycles. The van der Waals surface area contributed by atoms with Crippen molar-refractivity contribution in [3.05, 3.63) is 41.2 Å². The van der Waals surface area contributed by atoms with E-state index >= 15 is 0 Å². The molecule has 0 aliphatic carbocycles. The average Bonchev–Trinajstić information content (AvgIpc) is 2.26. The molecule has 92 valence electrons. The highest BCUT2D eigenvalue weighted by Gasteiger charge is 2.19. The van der Waals surface area contributed by atoms with E-state index in [0.717, 1.165) is 29.8 Å². The summed E-state index contributed by atoms with van der Waals surface area (Å²) in [4.78, 5) is 10.0. The number of aromatic carboxylic acids is 1. The van der Waals surface area contributed by atoms with E-state index in [-0.39, 0.29) is 5.56 Å². The largest absolute Gasteiger partial charge is 0.478 e. The highest BCUT2D eigenvalue weighted by atomic mass is 35.5. The van der Waals surface area contributed by atoms with Gasteiger partial charge in [-0.05, 0) is 18.2 Å². The molecule has 0 atom stereocenters. The Bertz CT molecular complexity index is 566. The van der Waals surface area contributed by atoms with Gasteiger partial charge in [0.1, 0.15) is 10.7 Å². The molecule has 0 aliphatic rings. The molecule has 0 saturated heterocycles. The van der Waals surface area contributed by atoms with E-state index in [1.54, 1.807) is 0 Å². The van der Waals surface area contributed by atoms with Crippen LogP contribution in [-0.2, 0) is 9.84 Å². The van der Waals surface area contributed by atoms with E-state index in [1.807, 2.05) is 0 Å². The smallest absolute Gasteiger partial charge is 0.335 e. The second-order valence-electron chi connectivity index (χ2n) is 3.09. The minimum Gasteiger partial charge on any atom is -0.478 e. The lowest BCUT2D eigenvalue weighted by Gasteiger charge is -2.04. The highest BCUT2D eigenvalue weighted by molar-refractivity contribution is 7.91. The molecular formula is C10H8ClFO4S. The van der Waals surface area contributed by atoms with Gasteiger partial charge in [-0.3, -0.25) is 0 Å². The van der Waals surface area contributed by atoms with Crippen LogP contribution in [0.1, 0.15) is 10.4 Å². The van der Waals surface area contributed by atoms with Gasteiger partial charge in [0.05, 0.1) is 11.3 Å². The first kappa shape index (κ1) is 13.7. The van der Waals surface area contributed by atoms with Crippen molar-refractivity contribution in [3.63, 3.8) is 0 Å². The van der Waals surface area contributed by atoms with Gasteiger partial charge in [0.15, 0.2) is 9.84 Å². The molecule has 0 amide bonds. The number of hydrogen-bond donors (Lipinski definition) is 1. The van der Waals surface area contributed by atoms with Gasteiger partial charge < -0.3 is 5.11 Å². The Morgan fingerprint density at radius 2 is 2.12 bits per heavy atom. The maximum Gasteiger partial charge on any atom is 0.335 e. The lowest BCUT2D eigenvalue weighted by molar-refractivity contribution is 0.0696. The molecule has 7 heteroatoms. The number of halogens is 2. The number of carboxylic acids is 1. The monoisotopic (exact) mass is 278 g/mol. The van der Waals surface area contributed by atoms with Crippen molar-refractivity contribution in [3.8, 4) is 0 Å². The third-order valence-corrected chi connectivity index (χ3v) is 3.71. The molecule has 0 aliphatic heterocycles. The molecule has 1 aromatic rings. The number of sulfone groups is 1. The normalized spacial score (nSPS) is 11.9. The predicted molar refractivity (Wildman–Crippen MR) is 60.4 cm³/mol. The van der Waals surface area contributed by atoms with Gasteiger partial charge in [-0.1, -0.05) is 17.7 Å². The molecule has 1 rings (SSSR count). The second kappa shape index (κ2) is 5.29. The summed E-state index contributed by atoms with van der Waals surface area (Å²) in [7, 11) is -3.92. The van der Waals surface area contributed by atoms with Crippen molar-refractivity contribution in [2.45, 2.75) is 4.90 Å². The topological polar surface area (TPSA) is 71.4 Å². The van der Waals surface area contributed by atoms with Gasteiger partial charge in [0.2, 0.25) is 0 Å². The molecule has 1 N–H and O–H groups in total. The molecule has 0 fully saturated rings. The van der Waals surface area contributed by atoms with Crippen LogP contribution in [0.3, 0.4) is 0 Å². The lowest BCUT2D eigenvalue weighted by Crippen LogP contribution is -2.09. The fourth-order valence-corrected chi connectivity index (χ4v) is 2.52. The van der Waals surface area contributed by atoms with Crippen LogP contribution in [-0.4, -0.2) is 25.2 Å². The summed E-state index contributed by atoms with van der Waals surface area (Å²) < 4.78 is 36.6. The van der Waals surface area contributed by atoms with E-state index in [2.05, 4.69) is 0 Å². The van der Waals surface area contributed by atoms with Crippen molar-refractivity contribution >= 4 is 27.4 Å². The van der Waals surface area contributed by atoms with Crippen molar-refractivity contribution in [2.75, 3.05) is 5.75 Å². The first-order valence-electron chi connectivity index (χ1n) is 4.39. The zero-order chi connectivity index (χ0) is 13.1. The minimum absolute atomic E-state index is 0.292. The minimum atomic E-state index is -3.92. The van der Waals surface area contributed by atoms with Crippen LogP contribution < -0.4 is 0 Å². The quantitative estimate of drug-likeness (QED) is 0.915. The third kappa shape index (κ3) is 3.28. The first-order chi connectivity index (χ1) is 7.88. The predicted octanol–water partition coefficient (Wildman–Crippen LogP) is 2.05. The van der Waals surface area contributed by atoms with Gasteiger partial charge in [-0.2, -0.15) is 0 Å². The van der Waals surface area contributed by atoms with Crippen molar-refractivity contribution in [1.29, 1.82) is 0 Å². The maximum atomic E-state index is 13.3. The molecule has 0 unspecified atom stereocenters. The Labute approximate surface area is 102 Å². The number of benzene rings is 1. The lowest BCUT2D eigenvalue weighted by atomic mass is 10.2. The van der Waals surface area contributed by atoms with Crippen LogP contribution in [0.2, 0.25) is 0 Å². The summed E-state index contributed by atoms with van der Waals surface area (Å²) in [5, 5.41) is 8.69. The number of hydrogen-bond acceptors (Lipinski definition) is 3. The number of carbonyl (C=O) groups is 1. The van der Waals surface area contributed by atoms with Gasteiger partial charge in [-0.25, -0.2) is 17.6 Å². The molecule has 17 heavy (non-hydrogen) atoms. The third-order valence-electron chi connectivity index (χ3n) is 1.92. The summed E-state index contributed by atoms with van der Waals surface area (Å²) >= 11 is 5.18. The zero-order valence-electron chi connectivity index (χ0n) is 8.43. The Kier molecular flexibility index (Phi) is 4.25. The molecule has 4 nitrogen and oxygen atoms in total. The van der Waals surface area contributed by atoms with Gasteiger partial charge in [0, 0.05) is 5.54 Å². The zero-order valence-corrected chi connectivity index (χ0v) is 10.0. The number of carboxylic acid groups (broad SMARTS) is 1. The molecule has 0 bridgehead atoms. The van der Waals surface area contributed by atoms with Gasteiger partial charge in [-0.15, -0.1) is 0 Å². The second-order valence-corrected chi connectivity index (χ2v) is 5.35. The molecular weight excluding hydrogens is 271 g/mol. The van der Waals surface area contributed by atoms with E-state index in [0.29, 0.717) is 0 Å². The summed E-state index contributed by atoms with van der Waals surface area (Å²) in [5.74, 6) is -2.80. The SMILES string of the molecule is O=C(O)c1ccc(F)c(S(=O)(=O)C/C=C/Cl)c1. The van der Waals surface area contributed by atoms with E-state index in [4.69, 9.17) is 16.7 Å². The van der Waals surface area contributed by atoms with Crippen LogP contribution in [0.25, 0.3) is 0 Å². The standard InChI is InChI=1S/C10H8ClFO4S/c11-4-1-5-17(15,16)9-6-7(10(13)14)2-3-8(9)12/h1-4,6H,5H2,(H,13,14)/b4-1+. The van der Waals surface area contributed by atoms with Crippen LogP contribution in [0.4, 0.5) is 4.39 Å². The summed E-state index contributed by atoms with van der Waals surface area (Å²) in [6.45, 7) is 0. The highest BCUT2D eigenvalue weighted by Crippen LogP contribution is 2.18. The van der Waals surface area contributed by atoms with Crippen LogP contribution >= 0.6 is 11.6 Å². The van der Waals surface area contributed by atoms with Gasteiger partial charge in [0.25, 0.3) is 0 Å².